The zero-order chi connectivity index (χ0) is 16.2. The molecule has 6 heteroatoms. The van der Waals surface area contributed by atoms with Crippen molar-refractivity contribution in [1.29, 1.82) is 0 Å². The Kier molecular flexibility index (Phi) is 4.60. The van der Waals surface area contributed by atoms with Crippen LogP contribution in [-0.4, -0.2) is 17.4 Å². The Morgan fingerprint density at radius 1 is 1.13 bits per heavy atom. The molecule has 0 fully saturated rings. The molecule has 0 saturated carbocycles. The lowest BCUT2D eigenvalue weighted by molar-refractivity contribution is 0.103. The molecule has 23 heavy (non-hydrogen) atoms. The van der Waals surface area contributed by atoms with Gasteiger partial charge in [-0.3, -0.25) is 4.79 Å². The van der Waals surface area contributed by atoms with Gasteiger partial charge in [0.1, 0.15) is 10.6 Å². The molecule has 0 aliphatic rings. The molecule has 0 radical (unpaired) electrons. The van der Waals surface area contributed by atoms with Gasteiger partial charge in [0.2, 0.25) is 0 Å². The minimum absolute atomic E-state index is 0.190. The zero-order valence-corrected chi connectivity index (χ0v) is 13.8. The number of hydrogen-bond acceptors (Lipinski definition) is 4. The number of anilines is 1. The molecule has 1 aromatic heterocycles. The van der Waals surface area contributed by atoms with E-state index in [4.69, 9.17) is 16.3 Å². The quantitative estimate of drug-likeness (QED) is 0.744. The van der Waals surface area contributed by atoms with Crippen molar-refractivity contribution in [2.24, 2.45) is 0 Å². The second-order valence-corrected chi connectivity index (χ2v) is 6.01. The fourth-order valence-electron chi connectivity index (χ4n) is 2.01. The number of amides is 1. The highest BCUT2D eigenvalue weighted by Crippen LogP contribution is 2.25. The molecule has 116 valence electrons. The summed E-state index contributed by atoms with van der Waals surface area (Å²) in [6.45, 7) is 0. The van der Waals surface area contributed by atoms with Crippen molar-refractivity contribution in [2.75, 3.05) is 12.4 Å². The van der Waals surface area contributed by atoms with E-state index in [0.717, 1.165) is 17.0 Å². The number of ether oxygens (including phenoxy) is 1. The predicted octanol–water partition coefficient (Wildman–Crippen LogP) is 4.72. The third-order valence-corrected chi connectivity index (χ3v) is 4.26. The third-order valence-electron chi connectivity index (χ3n) is 3.22. The summed E-state index contributed by atoms with van der Waals surface area (Å²) in [6.07, 6.45) is 0. The van der Waals surface area contributed by atoms with Gasteiger partial charge in [-0.05, 0) is 66.1 Å². The molecule has 0 atom stereocenters. The van der Waals surface area contributed by atoms with E-state index in [-0.39, 0.29) is 5.91 Å². The van der Waals surface area contributed by atoms with Gasteiger partial charge in [-0.2, -0.15) is 4.37 Å². The van der Waals surface area contributed by atoms with Gasteiger partial charge in [-0.1, -0.05) is 11.6 Å². The molecular weight excluding hydrogens is 332 g/mol. The van der Waals surface area contributed by atoms with E-state index in [1.54, 1.807) is 37.4 Å². The first kappa shape index (κ1) is 15.5. The van der Waals surface area contributed by atoms with Crippen molar-refractivity contribution in [3.63, 3.8) is 0 Å². The van der Waals surface area contributed by atoms with E-state index in [2.05, 4.69) is 9.69 Å². The first-order valence-electron chi connectivity index (χ1n) is 6.84. The summed E-state index contributed by atoms with van der Waals surface area (Å²) in [5, 5.41) is 3.45. The van der Waals surface area contributed by atoms with Crippen molar-refractivity contribution in [3.8, 4) is 17.0 Å². The van der Waals surface area contributed by atoms with Crippen molar-refractivity contribution in [2.45, 2.75) is 0 Å². The second-order valence-electron chi connectivity index (χ2n) is 4.77. The first-order valence-corrected chi connectivity index (χ1v) is 7.99. The van der Waals surface area contributed by atoms with Gasteiger partial charge in [0.15, 0.2) is 0 Å². The van der Waals surface area contributed by atoms with Crippen LogP contribution in [0.1, 0.15) is 9.67 Å². The molecule has 0 spiro atoms. The second kappa shape index (κ2) is 6.81. The van der Waals surface area contributed by atoms with Crippen LogP contribution >= 0.6 is 23.1 Å². The molecule has 4 nitrogen and oxygen atoms in total. The number of benzene rings is 2. The molecule has 1 amide bonds. The fraction of sp³-hybridized carbons (Fsp3) is 0.0588. The summed E-state index contributed by atoms with van der Waals surface area (Å²) in [6, 6.07) is 16.3. The lowest BCUT2D eigenvalue weighted by atomic mass is 10.1. The van der Waals surface area contributed by atoms with Gasteiger partial charge in [-0.25, -0.2) is 0 Å². The number of nitrogens with one attached hydrogen (secondary N) is 1. The standard InChI is InChI=1S/C17H13ClN2O2S/c1-22-14-8-2-11(3-9-14)15-10-16(23-20-15)17(21)19-13-6-4-12(18)5-7-13/h2-10H,1H3,(H,19,21). The number of hydrogen-bond donors (Lipinski definition) is 1. The van der Waals surface area contributed by atoms with E-state index in [1.165, 1.54) is 11.5 Å². The number of halogens is 1. The van der Waals surface area contributed by atoms with Crippen LogP contribution in [0.4, 0.5) is 5.69 Å². The predicted molar refractivity (Wildman–Crippen MR) is 93.5 cm³/mol. The Balaban J connectivity index is 1.75. The van der Waals surface area contributed by atoms with Crippen LogP contribution in [0.3, 0.4) is 0 Å². The van der Waals surface area contributed by atoms with Crippen molar-refractivity contribution >= 4 is 34.7 Å². The van der Waals surface area contributed by atoms with Crippen LogP contribution in [0, 0.1) is 0 Å². The van der Waals surface area contributed by atoms with Gasteiger partial charge < -0.3 is 10.1 Å². The molecule has 0 saturated heterocycles. The maximum atomic E-state index is 12.3. The molecular formula is C17H13ClN2O2S. The van der Waals surface area contributed by atoms with Gasteiger partial charge >= 0.3 is 0 Å². The number of nitrogens with zero attached hydrogens (tertiary/aromatic N) is 1. The van der Waals surface area contributed by atoms with Crippen LogP contribution in [0.5, 0.6) is 5.75 Å². The van der Waals surface area contributed by atoms with E-state index < -0.39 is 0 Å². The minimum atomic E-state index is -0.190. The van der Waals surface area contributed by atoms with E-state index in [1.807, 2.05) is 24.3 Å². The minimum Gasteiger partial charge on any atom is -0.497 e. The number of aromatic nitrogens is 1. The van der Waals surface area contributed by atoms with Gasteiger partial charge in [0.05, 0.1) is 12.8 Å². The fourth-order valence-corrected chi connectivity index (χ4v) is 2.79. The van der Waals surface area contributed by atoms with Gasteiger partial charge in [0, 0.05) is 16.3 Å². The largest absolute Gasteiger partial charge is 0.497 e. The maximum Gasteiger partial charge on any atom is 0.267 e. The van der Waals surface area contributed by atoms with Crippen LogP contribution in [0.2, 0.25) is 5.02 Å². The average Bonchev–Trinajstić information content (AvgIpc) is 3.07. The molecule has 3 rings (SSSR count). The van der Waals surface area contributed by atoms with Crippen molar-refractivity contribution in [3.05, 3.63) is 64.5 Å². The number of carbonyl (C=O) groups excluding carboxylic acids is 1. The topological polar surface area (TPSA) is 51.2 Å². The van der Waals surface area contributed by atoms with Crippen molar-refractivity contribution < 1.29 is 9.53 Å². The Morgan fingerprint density at radius 3 is 2.48 bits per heavy atom. The molecule has 1 heterocycles. The number of carbonyl (C=O) groups is 1. The summed E-state index contributed by atoms with van der Waals surface area (Å²) in [5.74, 6) is 0.592. The first-order chi connectivity index (χ1) is 11.2. The summed E-state index contributed by atoms with van der Waals surface area (Å²) in [5.41, 5.74) is 2.39. The Labute approximate surface area is 142 Å². The van der Waals surface area contributed by atoms with Crippen LogP contribution in [0.25, 0.3) is 11.3 Å². The highest BCUT2D eigenvalue weighted by molar-refractivity contribution is 7.08. The Hall–Kier alpha value is -2.37. The van der Waals surface area contributed by atoms with Gasteiger partial charge in [0.25, 0.3) is 5.91 Å². The molecule has 0 aliphatic carbocycles. The van der Waals surface area contributed by atoms with E-state index >= 15 is 0 Å². The van der Waals surface area contributed by atoms with E-state index in [9.17, 15) is 4.79 Å². The molecule has 1 N–H and O–H groups in total. The smallest absolute Gasteiger partial charge is 0.267 e. The number of rotatable bonds is 4. The average molecular weight is 345 g/mol. The normalized spacial score (nSPS) is 10.3. The monoisotopic (exact) mass is 344 g/mol. The maximum absolute atomic E-state index is 12.3. The van der Waals surface area contributed by atoms with Crippen LogP contribution in [-0.2, 0) is 0 Å². The SMILES string of the molecule is COc1ccc(-c2cc(C(=O)Nc3ccc(Cl)cc3)sn2)cc1. The molecule has 0 bridgehead atoms. The van der Waals surface area contributed by atoms with Gasteiger partial charge in [-0.15, -0.1) is 0 Å². The summed E-state index contributed by atoms with van der Waals surface area (Å²) < 4.78 is 9.47. The highest BCUT2D eigenvalue weighted by Gasteiger charge is 2.12. The van der Waals surface area contributed by atoms with Crippen molar-refractivity contribution in [1.82, 2.24) is 4.37 Å². The lowest BCUT2D eigenvalue weighted by Crippen LogP contribution is -2.09. The molecule has 3 aromatic rings. The van der Waals surface area contributed by atoms with Crippen LogP contribution < -0.4 is 10.1 Å². The summed E-state index contributed by atoms with van der Waals surface area (Å²) in [7, 11) is 1.62. The molecule has 2 aromatic carbocycles. The highest BCUT2D eigenvalue weighted by atomic mass is 35.5. The molecule has 0 unspecified atom stereocenters. The third kappa shape index (κ3) is 3.70. The summed E-state index contributed by atoms with van der Waals surface area (Å²) >= 11 is 6.99. The zero-order valence-electron chi connectivity index (χ0n) is 12.2. The Bertz CT molecular complexity index is 813. The molecule has 0 aliphatic heterocycles. The lowest BCUT2D eigenvalue weighted by Gasteiger charge is -2.02. The van der Waals surface area contributed by atoms with Crippen LogP contribution in [0.15, 0.2) is 54.6 Å². The summed E-state index contributed by atoms with van der Waals surface area (Å²) in [4.78, 5) is 12.8. The number of methoxy groups -OCH3 is 1. The van der Waals surface area contributed by atoms with E-state index in [0.29, 0.717) is 15.6 Å². The Morgan fingerprint density at radius 2 is 1.83 bits per heavy atom.